The summed E-state index contributed by atoms with van der Waals surface area (Å²) in [5.41, 5.74) is 2.39. The fraction of sp³-hybridized carbons (Fsp3) is 0.231. The Morgan fingerprint density at radius 3 is 1.73 bits per heavy atom. The minimum absolute atomic E-state index is 0.151. The molecule has 0 aliphatic rings. The number of fused-ring (bicyclic) bond motifs is 8. The molecule has 8 nitrogen and oxygen atoms in total. The van der Waals surface area contributed by atoms with Crippen LogP contribution in [-0.2, 0) is 6.42 Å². The molecule has 0 unspecified atom stereocenters. The van der Waals surface area contributed by atoms with Gasteiger partial charge in [0.15, 0.2) is 0 Å². The summed E-state index contributed by atoms with van der Waals surface area (Å²) >= 11 is 3.03. The van der Waals surface area contributed by atoms with Crippen molar-refractivity contribution in [2.75, 3.05) is 0 Å². The average Bonchev–Trinajstić information content (AvgIpc) is 3.93. The number of hydrogen-bond acceptors (Lipinski definition) is 8. The lowest BCUT2D eigenvalue weighted by Crippen LogP contribution is -2.16. The number of nitrogens with zero attached hydrogens (tertiary/aromatic N) is 4. The summed E-state index contributed by atoms with van der Waals surface area (Å²) < 4.78 is 15.5. The minimum Gasteiger partial charge on any atom is -0.461 e. The molecule has 0 fully saturated rings. The van der Waals surface area contributed by atoms with E-state index in [4.69, 9.17) is 18.8 Å². The van der Waals surface area contributed by atoms with Gasteiger partial charge >= 0.3 is 0 Å². The van der Waals surface area contributed by atoms with E-state index in [1.54, 1.807) is 20.9 Å². The molecule has 0 atom stereocenters. The molecular weight excluding hydrogens is 653 g/mol. The van der Waals surface area contributed by atoms with Crippen molar-refractivity contribution in [3.63, 3.8) is 0 Å². The first kappa shape index (κ1) is 28.9. The van der Waals surface area contributed by atoms with E-state index in [2.05, 4.69) is 13.0 Å². The van der Waals surface area contributed by atoms with E-state index < -0.39 is 0 Å². The van der Waals surface area contributed by atoms with Gasteiger partial charge in [-0.1, -0.05) is 39.0 Å². The van der Waals surface area contributed by atoms with E-state index in [9.17, 15) is 9.59 Å². The molecule has 8 aromatic heterocycles. The molecule has 10 heteroatoms. The second kappa shape index (κ2) is 10.7. The Morgan fingerprint density at radius 1 is 0.633 bits per heavy atom. The summed E-state index contributed by atoms with van der Waals surface area (Å²) in [6, 6.07) is 19.6. The standard InChI is InChI=1S/C39H30N4O4S2/c1-3-4-5-6-7-8-9-21-11-17-29(47-21)31-19-27-37(49-31)41-35-23-13-12-22-32-24(14-15-25(33(23)32)39(45)43(27)35)38(44)42-26-18-30(28-16-10-20(2)46-28)48-36(26)40-34(22)42/h10-19H,3-9H2,1-2H3. The van der Waals surface area contributed by atoms with E-state index >= 15 is 0 Å². The molecule has 0 aliphatic carbocycles. The van der Waals surface area contributed by atoms with Crippen LogP contribution in [0, 0.1) is 6.92 Å². The number of aryl methyl sites for hydroxylation is 2. The highest BCUT2D eigenvalue weighted by Crippen LogP contribution is 2.41. The number of furan rings is 2. The SMILES string of the molecule is CCCCCCCCc1ccc(-c2cc3c(nc4c5ccc6c7c(ccc(c(=O)n34)c57)c(=O)n3c4cc(-c5ccc(C)o5)sc4nc63)s2)o1. The highest BCUT2D eigenvalue weighted by atomic mass is 32.1. The van der Waals surface area contributed by atoms with Gasteiger partial charge in [0.25, 0.3) is 11.1 Å². The molecule has 0 radical (unpaired) electrons. The fourth-order valence-corrected chi connectivity index (χ4v) is 9.47. The molecule has 2 aromatic carbocycles. The smallest absolute Gasteiger partial charge is 0.264 e. The molecule has 0 aliphatic heterocycles. The number of imidazole rings is 2. The topological polar surface area (TPSA) is 95.0 Å². The van der Waals surface area contributed by atoms with E-state index in [-0.39, 0.29) is 11.1 Å². The molecule has 0 saturated carbocycles. The van der Waals surface area contributed by atoms with Crippen molar-refractivity contribution in [3.8, 4) is 21.3 Å². The highest BCUT2D eigenvalue weighted by molar-refractivity contribution is 7.22. The van der Waals surface area contributed by atoms with E-state index in [1.165, 1.54) is 54.8 Å². The van der Waals surface area contributed by atoms with Crippen molar-refractivity contribution < 1.29 is 8.83 Å². The third-order valence-electron chi connectivity index (χ3n) is 9.88. The van der Waals surface area contributed by atoms with Crippen LogP contribution in [0.4, 0.5) is 0 Å². The Bertz CT molecular complexity index is 3010. The fourth-order valence-electron chi connectivity index (χ4n) is 7.52. The number of pyridine rings is 2. The van der Waals surface area contributed by atoms with Crippen molar-refractivity contribution >= 4 is 87.0 Å². The number of unbranched alkanes of at least 4 members (excludes halogenated alkanes) is 5. The lowest BCUT2D eigenvalue weighted by molar-refractivity contribution is 0.503. The summed E-state index contributed by atoms with van der Waals surface area (Å²) in [4.78, 5) is 41.8. The van der Waals surface area contributed by atoms with Crippen molar-refractivity contribution in [1.29, 1.82) is 0 Å². The van der Waals surface area contributed by atoms with Crippen molar-refractivity contribution in [1.82, 2.24) is 18.8 Å². The largest absolute Gasteiger partial charge is 0.461 e. The van der Waals surface area contributed by atoms with Gasteiger partial charge < -0.3 is 8.83 Å². The Labute approximate surface area is 286 Å². The molecule has 0 spiro atoms. The molecule has 0 bridgehead atoms. The van der Waals surface area contributed by atoms with Gasteiger partial charge in [0.1, 0.15) is 44.0 Å². The highest BCUT2D eigenvalue weighted by Gasteiger charge is 2.24. The summed E-state index contributed by atoms with van der Waals surface area (Å²) in [6.45, 7) is 4.15. The van der Waals surface area contributed by atoms with E-state index in [0.29, 0.717) is 22.1 Å². The van der Waals surface area contributed by atoms with Crippen LogP contribution >= 0.6 is 22.7 Å². The quantitative estimate of drug-likeness (QED) is 0.111. The third-order valence-corrected chi connectivity index (χ3v) is 11.9. The number of rotatable bonds is 9. The van der Waals surface area contributed by atoms with Gasteiger partial charge in [-0.05, 0) is 74.0 Å². The Morgan fingerprint density at radius 2 is 1.16 bits per heavy atom. The Balaban J connectivity index is 1.09. The van der Waals surface area contributed by atoms with Crippen molar-refractivity contribution in [2.45, 2.75) is 58.8 Å². The number of benzene rings is 2. The molecular formula is C39H30N4O4S2. The predicted molar refractivity (Wildman–Crippen MR) is 199 cm³/mol. The monoisotopic (exact) mass is 682 g/mol. The summed E-state index contributed by atoms with van der Waals surface area (Å²) in [6.07, 6.45) is 8.41. The summed E-state index contributed by atoms with van der Waals surface area (Å²) in [5, 5.41) is 4.29. The van der Waals surface area contributed by atoms with Gasteiger partial charge in [0, 0.05) is 38.7 Å². The van der Waals surface area contributed by atoms with Crippen LogP contribution in [0.3, 0.4) is 0 Å². The first-order chi connectivity index (χ1) is 24.0. The normalized spacial score (nSPS) is 12.6. The lowest BCUT2D eigenvalue weighted by Gasteiger charge is -2.12. The van der Waals surface area contributed by atoms with Crippen LogP contribution in [0.2, 0.25) is 0 Å². The molecule has 242 valence electrons. The minimum atomic E-state index is -0.157. The molecule has 0 N–H and O–H groups in total. The van der Waals surface area contributed by atoms with Gasteiger partial charge in [0.05, 0.1) is 20.8 Å². The number of thiophene rings is 2. The van der Waals surface area contributed by atoms with Gasteiger partial charge in [0.2, 0.25) is 0 Å². The van der Waals surface area contributed by atoms with Crippen LogP contribution in [0.1, 0.15) is 57.0 Å². The van der Waals surface area contributed by atoms with Crippen molar-refractivity contribution in [2.24, 2.45) is 0 Å². The second-order valence-corrected chi connectivity index (χ2v) is 15.1. The third kappa shape index (κ3) is 4.20. The van der Waals surface area contributed by atoms with E-state index in [1.807, 2.05) is 49.4 Å². The average molecular weight is 683 g/mol. The predicted octanol–water partition coefficient (Wildman–Crippen LogP) is 10.2. The van der Waals surface area contributed by atoms with Crippen LogP contribution < -0.4 is 11.1 Å². The summed E-state index contributed by atoms with van der Waals surface area (Å²) in [7, 11) is 0. The van der Waals surface area contributed by atoms with Crippen LogP contribution in [0.15, 0.2) is 79.1 Å². The van der Waals surface area contributed by atoms with Gasteiger partial charge in [-0.25, -0.2) is 9.97 Å². The molecule has 0 saturated heterocycles. The van der Waals surface area contributed by atoms with Crippen molar-refractivity contribution in [3.05, 3.63) is 92.9 Å². The second-order valence-electron chi connectivity index (χ2n) is 13.0. The summed E-state index contributed by atoms with van der Waals surface area (Å²) in [5.74, 6) is 3.39. The zero-order valence-electron chi connectivity index (χ0n) is 27.0. The maximum atomic E-state index is 14.3. The zero-order chi connectivity index (χ0) is 33.0. The number of aromatic nitrogens is 4. The Hall–Kier alpha value is -5.06. The van der Waals surface area contributed by atoms with Crippen LogP contribution in [0.5, 0.6) is 0 Å². The van der Waals surface area contributed by atoms with Gasteiger partial charge in [-0.3, -0.25) is 18.4 Å². The maximum Gasteiger partial charge on any atom is 0.264 e. The Kier molecular flexibility index (Phi) is 6.32. The van der Waals surface area contributed by atoms with Crippen LogP contribution in [-0.4, -0.2) is 18.8 Å². The zero-order valence-corrected chi connectivity index (χ0v) is 28.6. The molecule has 0 amide bonds. The molecule has 10 rings (SSSR count). The van der Waals surface area contributed by atoms with E-state index in [0.717, 1.165) is 87.9 Å². The molecule has 10 aromatic rings. The maximum absolute atomic E-state index is 14.3. The van der Waals surface area contributed by atoms with Gasteiger partial charge in [-0.15, -0.1) is 22.7 Å². The number of hydrogen-bond donors (Lipinski definition) is 0. The lowest BCUT2D eigenvalue weighted by atomic mass is 9.96. The first-order valence-electron chi connectivity index (χ1n) is 16.9. The molecule has 8 heterocycles. The van der Waals surface area contributed by atoms with Crippen LogP contribution in [0.25, 0.3) is 85.6 Å². The first-order valence-corrected chi connectivity index (χ1v) is 18.5. The molecule has 49 heavy (non-hydrogen) atoms. The van der Waals surface area contributed by atoms with Gasteiger partial charge in [-0.2, -0.15) is 0 Å².